The Morgan fingerprint density at radius 2 is 2.07 bits per heavy atom. The molecule has 3 nitrogen and oxygen atoms in total. The highest BCUT2D eigenvalue weighted by Crippen LogP contribution is 2.16. The molecule has 0 spiro atoms. The molecule has 0 aliphatic heterocycles. The molecule has 0 aliphatic carbocycles. The Balaban J connectivity index is 2.25. The Morgan fingerprint density at radius 3 is 2.73 bits per heavy atom. The molecular formula is C11H9NO2S. The minimum atomic E-state index is -0.900. The summed E-state index contributed by atoms with van der Waals surface area (Å²) in [5, 5.41) is 8.90. The van der Waals surface area contributed by atoms with Crippen molar-refractivity contribution in [2.75, 3.05) is 0 Å². The van der Waals surface area contributed by atoms with E-state index in [0.717, 1.165) is 5.56 Å². The normalized spacial score (nSPS) is 10.1. The van der Waals surface area contributed by atoms with Crippen molar-refractivity contribution in [1.29, 1.82) is 0 Å². The molecule has 0 aliphatic rings. The fourth-order valence-electron chi connectivity index (χ4n) is 1.36. The quantitative estimate of drug-likeness (QED) is 0.862. The van der Waals surface area contributed by atoms with Gasteiger partial charge in [0, 0.05) is 6.42 Å². The number of benzene rings is 1. The van der Waals surface area contributed by atoms with Crippen molar-refractivity contribution in [3.63, 3.8) is 0 Å². The largest absolute Gasteiger partial charge is 0.477 e. The molecule has 0 saturated carbocycles. The zero-order valence-electron chi connectivity index (χ0n) is 7.88. The van der Waals surface area contributed by atoms with E-state index in [4.69, 9.17) is 5.11 Å². The van der Waals surface area contributed by atoms with Gasteiger partial charge in [0.15, 0.2) is 0 Å². The molecule has 76 valence electrons. The van der Waals surface area contributed by atoms with Gasteiger partial charge in [-0.15, -0.1) is 11.3 Å². The molecule has 0 fully saturated rings. The first-order chi connectivity index (χ1) is 7.27. The van der Waals surface area contributed by atoms with Gasteiger partial charge in [-0.05, 0) is 5.56 Å². The van der Waals surface area contributed by atoms with Crippen LogP contribution in [0, 0.1) is 0 Å². The molecular weight excluding hydrogens is 210 g/mol. The van der Waals surface area contributed by atoms with Crippen LogP contribution in [0.4, 0.5) is 0 Å². The fraction of sp³-hybridized carbons (Fsp3) is 0.0909. The number of aromatic carboxylic acids is 1. The summed E-state index contributed by atoms with van der Waals surface area (Å²) in [5.41, 5.74) is 3.28. The lowest BCUT2D eigenvalue weighted by atomic mass is 10.1. The maximum absolute atomic E-state index is 10.8. The maximum Gasteiger partial charge on any atom is 0.347 e. The van der Waals surface area contributed by atoms with Crippen LogP contribution in [0.3, 0.4) is 0 Å². The van der Waals surface area contributed by atoms with E-state index in [1.54, 1.807) is 5.51 Å². The monoisotopic (exact) mass is 219 g/mol. The topological polar surface area (TPSA) is 50.2 Å². The second-order valence-electron chi connectivity index (χ2n) is 3.10. The number of hydrogen-bond acceptors (Lipinski definition) is 3. The number of carboxylic acid groups (broad SMARTS) is 1. The van der Waals surface area contributed by atoms with Crippen molar-refractivity contribution in [2.24, 2.45) is 0 Å². The van der Waals surface area contributed by atoms with Crippen LogP contribution >= 0.6 is 11.3 Å². The van der Waals surface area contributed by atoms with Crippen LogP contribution in [0.2, 0.25) is 0 Å². The zero-order chi connectivity index (χ0) is 10.7. The lowest BCUT2D eigenvalue weighted by Gasteiger charge is -1.98. The van der Waals surface area contributed by atoms with Gasteiger partial charge >= 0.3 is 5.97 Å². The third-order valence-electron chi connectivity index (χ3n) is 2.05. The van der Waals surface area contributed by atoms with Crippen molar-refractivity contribution in [3.8, 4) is 0 Å². The first-order valence-electron chi connectivity index (χ1n) is 4.47. The molecule has 1 aromatic heterocycles. The summed E-state index contributed by atoms with van der Waals surface area (Å²) in [7, 11) is 0. The van der Waals surface area contributed by atoms with Gasteiger partial charge in [-0.25, -0.2) is 9.78 Å². The van der Waals surface area contributed by atoms with Crippen molar-refractivity contribution in [3.05, 3.63) is 52.0 Å². The van der Waals surface area contributed by atoms with Gasteiger partial charge in [-0.3, -0.25) is 0 Å². The minimum Gasteiger partial charge on any atom is -0.477 e. The smallest absolute Gasteiger partial charge is 0.347 e. The van der Waals surface area contributed by atoms with Crippen LogP contribution in [-0.2, 0) is 6.42 Å². The van der Waals surface area contributed by atoms with Gasteiger partial charge in [0.2, 0.25) is 0 Å². The highest BCUT2D eigenvalue weighted by atomic mass is 32.1. The third-order valence-corrected chi connectivity index (χ3v) is 2.91. The molecule has 2 rings (SSSR count). The number of hydrogen-bond donors (Lipinski definition) is 1. The highest BCUT2D eigenvalue weighted by Gasteiger charge is 2.13. The molecule has 0 bridgehead atoms. The number of thiazole rings is 1. The second kappa shape index (κ2) is 4.23. The van der Waals surface area contributed by atoms with E-state index in [1.165, 1.54) is 11.3 Å². The average molecular weight is 219 g/mol. The van der Waals surface area contributed by atoms with Gasteiger partial charge < -0.3 is 5.11 Å². The van der Waals surface area contributed by atoms with Crippen molar-refractivity contribution >= 4 is 17.3 Å². The first-order valence-corrected chi connectivity index (χ1v) is 5.35. The zero-order valence-corrected chi connectivity index (χ0v) is 8.70. The van der Waals surface area contributed by atoms with E-state index in [-0.39, 0.29) is 0 Å². The maximum atomic E-state index is 10.8. The minimum absolute atomic E-state index is 0.332. The van der Waals surface area contributed by atoms with Gasteiger partial charge in [0.05, 0.1) is 11.2 Å². The molecule has 1 aromatic carbocycles. The van der Waals surface area contributed by atoms with Crippen LogP contribution in [0.1, 0.15) is 20.9 Å². The Morgan fingerprint density at radius 1 is 1.33 bits per heavy atom. The molecule has 0 radical (unpaired) electrons. The highest BCUT2D eigenvalue weighted by molar-refractivity contribution is 7.11. The summed E-state index contributed by atoms with van der Waals surface area (Å²) in [6.45, 7) is 0. The molecule has 1 heterocycles. The Labute approximate surface area is 91.0 Å². The Kier molecular flexibility index (Phi) is 2.78. The van der Waals surface area contributed by atoms with Crippen LogP contribution in [0.15, 0.2) is 35.8 Å². The molecule has 0 amide bonds. The summed E-state index contributed by atoms with van der Waals surface area (Å²) in [5.74, 6) is -0.900. The molecule has 1 N–H and O–H groups in total. The van der Waals surface area contributed by atoms with Crippen molar-refractivity contribution in [2.45, 2.75) is 6.42 Å². The van der Waals surface area contributed by atoms with Gasteiger partial charge in [0.25, 0.3) is 0 Å². The van der Waals surface area contributed by atoms with Crippen LogP contribution in [0.5, 0.6) is 0 Å². The molecule has 2 aromatic rings. The van der Waals surface area contributed by atoms with E-state index in [9.17, 15) is 4.79 Å². The van der Waals surface area contributed by atoms with Crippen LogP contribution in [0.25, 0.3) is 0 Å². The molecule has 0 unspecified atom stereocenters. The van der Waals surface area contributed by atoms with E-state index >= 15 is 0 Å². The van der Waals surface area contributed by atoms with E-state index in [2.05, 4.69) is 4.98 Å². The van der Waals surface area contributed by atoms with Crippen LogP contribution in [-0.4, -0.2) is 16.1 Å². The number of rotatable bonds is 3. The summed E-state index contributed by atoms with van der Waals surface area (Å²) < 4.78 is 0. The summed E-state index contributed by atoms with van der Waals surface area (Å²) in [6, 6.07) is 9.73. The van der Waals surface area contributed by atoms with Crippen LogP contribution < -0.4 is 0 Å². The second-order valence-corrected chi connectivity index (χ2v) is 3.95. The predicted octanol–water partition coefficient (Wildman–Crippen LogP) is 2.43. The van der Waals surface area contributed by atoms with Crippen molar-refractivity contribution in [1.82, 2.24) is 4.98 Å². The lowest BCUT2D eigenvalue weighted by Crippen LogP contribution is -1.99. The van der Waals surface area contributed by atoms with Gasteiger partial charge in [0.1, 0.15) is 4.88 Å². The fourth-order valence-corrected chi connectivity index (χ4v) is 2.01. The molecule has 4 heteroatoms. The Hall–Kier alpha value is -1.68. The first kappa shape index (κ1) is 9.86. The van der Waals surface area contributed by atoms with E-state index in [1.807, 2.05) is 30.3 Å². The standard InChI is InChI=1S/C11H9NO2S/c13-11(14)10-9(12-7-15-10)6-8-4-2-1-3-5-8/h1-5,7H,6H2,(H,13,14). The van der Waals surface area contributed by atoms with Crippen molar-refractivity contribution < 1.29 is 9.90 Å². The molecule has 0 saturated heterocycles. The van der Waals surface area contributed by atoms with Gasteiger partial charge in [-0.1, -0.05) is 30.3 Å². The average Bonchev–Trinajstić information content (AvgIpc) is 2.67. The SMILES string of the molecule is O=C(O)c1scnc1Cc1ccccc1. The van der Waals surface area contributed by atoms with E-state index in [0.29, 0.717) is 17.0 Å². The summed E-state index contributed by atoms with van der Waals surface area (Å²) in [6.07, 6.45) is 0.575. The number of nitrogens with zero attached hydrogens (tertiary/aromatic N) is 1. The van der Waals surface area contributed by atoms with E-state index < -0.39 is 5.97 Å². The molecule has 0 atom stereocenters. The number of aromatic nitrogens is 1. The summed E-state index contributed by atoms with van der Waals surface area (Å²) >= 11 is 1.17. The number of carboxylic acids is 1. The summed E-state index contributed by atoms with van der Waals surface area (Å²) in [4.78, 5) is 15.2. The third kappa shape index (κ3) is 2.22. The molecule has 15 heavy (non-hydrogen) atoms. The Bertz CT molecular complexity index is 464. The number of carbonyl (C=O) groups is 1. The predicted molar refractivity (Wildman–Crippen MR) is 58.3 cm³/mol. The van der Waals surface area contributed by atoms with Gasteiger partial charge in [-0.2, -0.15) is 0 Å². The lowest BCUT2D eigenvalue weighted by molar-refractivity contribution is 0.0701.